The van der Waals surface area contributed by atoms with Gasteiger partial charge in [0.25, 0.3) is 0 Å². The average molecular weight is 299 g/mol. The summed E-state index contributed by atoms with van der Waals surface area (Å²) in [5.41, 5.74) is 6.68. The summed E-state index contributed by atoms with van der Waals surface area (Å²) in [4.78, 5) is 20.6. The van der Waals surface area contributed by atoms with E-state index in [9.17, 15) is 10.1 Å². The number of nitrogens with zero attached hydrogens (tertiary/aromatic N) is 4. The molecule has 1 aromatic heterocycles. The van der Waals surface area contributed by atoms with Gasteiger partial charge in [0.2, 0.25) is 11.8 Å². The molecule has 2 aromatic rings. The van der Waals surface area contributed by atoms with Crippen molar-refractivity contribution in [3.8, 4) is 0 Å². The van der Waals surface area contributed by atoms with E-state index >= 15 is 0 Å². The van der Waals surface area contributed by atoms with E-state index in [-0.39, 0.29) is 11.5 Å². The molecule has 0 unspecified atom stereocenters. The zero-order chi connectivity index (χ0) is 15.5. The van der Waals surface area contributed by atoms with Gasteiger partial charge in [0.05, 0.1) is 4.92 Å². The minimum atomic E-state index is -0.565. The topological polar surface area (TPSA) is 98.2 Å². The van der Waals surface area contributed by atoms with Crippen LogP contribution in [-0.2, 0) is 6.42 Å². The quantitative estimate of drug-likeness (QED) is 0.686. The second-order valence-electron chi connectivity index (χ2n) is 5.38. The number of hydrogen-bond donors (Lipinski definition) is 1. The zero-order valence-electron chi connectivity index (χ0n) is 12.1. The van der Waals surface area contributed by atoms with Gasteiger partial charge in [-0.1, -0.05) is 30.3 Å². The molecular formula is C15H17N5O2. The van der Waals surface area contributed by atoms with Crippen LogP contribution >= 0.6 is 0 Å². The molecular weight excluding hydrogens is 282 g/mol. The Bertz CT molecular complexity index is 677. The fraction of sp³-hybridized carbons (Fsp3) is 0.333. The van der Waals surface area contributed by atoms with E-state index in [0.29, 0.717) is 12.0 Å². The largest absolute Gasteiger partial charge is 0.378 e. The molecule has 1 atom stereocenters. The fourth-order valence-corrected chi connectivity index (χ4v) is 2.86. The Morgan fingerprint density at radius 3 is 2.82 bits per heavy atom. The third-order valence-electron chi connectivity index (χ3n) is 3.93. The van der Waals surface area contributed by atoms with Crippen molar-refractivity contribution in [1.82, 2.24) is 9.97 Å². The molecule has 1 aliphatic rings. The second-order valence-corrected chi connectivity index (χ2v) is 5.38. The lowest BCUT2D eigenvalue weighted by Gasteiger charge is -2.24. The highest BCUT2D eigenvalue weighted by Gasteiger charge is 2.28. The van der Waals surface area contributed by atoms with E-state index in [1.807, 2.05) is 18.2 Å². The molecule has 7 nitrogen and oxygen atoms in total. The normalized spacial score (nSPS) is 17.6. The Morgan fingerprint density at radius 2 is 2.14 bits per heavy atom. The van der Waals surface area contributed by atoms with Crippen LogP contribution in [0.15, 0.2) is 36.5 Å². The van der Waals surface area contributed by atoms with Crippen LogP contribution in [0.2, 0.25) is 0 Å². The molecule has 7 heteroatoms. The zero-order valence-corrected chi connectivity index (χ0v) is 12.1. The van der Waals surface area contributed by atoms with Crippen LogP contribution in [-0.4, -0.2) is 27.5 Å². The number of rotatable bonds is 4. The summed E-state index contributed by atoms with van der Waals surface area (Å²) in [6, 6.07) is 10.5. The minimum Gasteiger partial charge on any atom is -0.378 e. The van der Waals surface area contributed by atoms with Gasteiger partial charge in [-0.3, -0.25) is 10.1 Å². The van der Waals surface area contributed by atoms with Gasteiger partial charge in [-0.25, -0.2) is 4.98 Å². The first-order chi connectivity index (χ1) is 10.6. The molecule has 0 saturated carbocycles. The van der Waals surface area contributed by atoms with E-state index in [2.05, 4.69) is 27.0 Å². The minimum absolute atomic E-state index is 0.0830. The van der Waals surface area contributed by atoms with Crippen LogP contribution < -0.4 is 10.6 Å². The van der Waals surface area contributed by atoms with E-state index in [4.69, 9.17) is 5.73 Å². The summed E-state index contributed by atoms with van der Waals surface area (Å²) in [5, 5.41) is 10.8. The van der Waals surface area contributed by atoms with Crippen LogP contribution in [0.25, 0.3) is 0 Å². The third kappa shape index (κ3) is 2.83. The lowest BCUT2D eigenvalue weighted by Crippen LogP contribution is -2.32. The van der Waals surface area contributed by atoms with Crippen LogP contribution in [0.4, 0.5) is 17.5 Å². The van der Waals surface area contributed by atoms with Crippen LogP contribution in [0.3, 0.4) is 0 Å². The summed E-state index contributed by atoms with van der Waals surface area (Å²) < 4.78 is 0. The van der Waals surface area contributed by atoms with Gasteiger partial charge < -0.3 is 10.6 Å². The Balaban J connectivity index is 1.81. The van der Waals surface area contributed by atoms with Gasteiger partial charge >= 0.3 is 5.69 Å². The smallest absolute Gasteiger partial charge is 0.329 e. The van der Waals surface area contributed by atoms with Gasteiger partial charge in [-0.15, -0.1) is 0 Å². The summed E-state index contributed by atoms with van der Waals surface area (Å²) in [7, 11) is 0. The van der Waals surface area contributed by atoms with Crippen molar-refractivity contribution in [2.45, 2.75) is 25.3 Å². The molecule has 0 aliphatic carbocycles. The molecule has 114 valence electrons. The molecule has 2 heterocycles. The number of aromatic nitrogens is 2. The maximum atomic E-state index is 10.8. The number of nitrogens with two attached hydrogens (primary N) is 1. The molecule has 2 N–H and O–H groups in total. The first-order valence-electron chi connectivity index (χ1n) is 7.22. The highest BCUT2D eigenvalue weighted by Crippen LogP contribution is 2.27. The molecule has 0 radical (unpaired) electrons. The SMILES string of the molecule is Nc1nc(N2CCC[C@H]2Cc2ccccc2)ncc1[N+](=O)[O-]. The summed E-state index contributed by atoms with van der Waals surface area (Å²) in [6.07, 6.45) is 4.20. The van der Waals surface area contributed by atoms with Gasteiger partial charge in [0, 0.05) is 12.6 Å². The third-order valence-corrected chi connectivity index (χ3v) is 3.93. The molecule has 1 aromatic carbocycles. The molecule has 3 rings (SSSR count). The number of nitro groups is 1. The van der Waals surface area contributed by atoms with E-state index in [1.165, 1.54) is 11.8 Å². The van der Waals surface area contributed by atoms with Crippen LogP contribution in [0.1, 0.15) is 18.4 Å². The highest BCUT2D eigenvalue weighted by molar-refractivity contribution is 5.54. The number of nitrogen functional groups attached to an aromatic ring is 1. The first kappa shape index (κ1) is 14.2. The number of anilines is 2. The summed E-state index contributed by atoms with van der Waals surface area (Å²) >= 11 is 0. The van der Waals surface area contributed by atoms with Gasteiger partial charge in [0.15, 0.2) is 0 Å². The van der Waals surface area contributed by atoms with E-state index < -0.39 is 4.92 Å². The standard InChI is InChI=1S/C15H17N5O2/c16-14-13(20(21)22)10-17-15(18-14)19-8-4-7-12(19)9-11-5-2-1-3-6-11/h1-3,5-6,10,12H,4,7-9H2,(H2,16,17,18)/t12-/m0/s1. The van der Waals surface area contributed by atoms with Gasteiger partial charge in [0.1, 0.15) is 6.20 Å². The van der Waals surface area contributed by atoms with Crippen molar-refractivity contribution < 1.29 is 4.92 Å². The Morgan fingerprint density at radius 1 is 1.36 bits per heavy atom. The number of hydrogen-bond acceptors (Lipinski definition) is 6. The maximum Gasteiger partial charge on any atom is 0.329 e. The highest BCUT2D eigenvalue weighted by atomic mass is 16.6. The van der Waals surface area contributed by atoms with E-state index in [0.717, 1.165) is 25.8 Å². The average Bonchev–Trinajstić information content (AvgIpc) is 2.96. The molecule has 0 spiro atoms. The Hall–Kier alpha value is -2.70. The monoisotopic (exact) mass is 299 g/mol. The van der Waals surface area contributed by atoms with Crippen molar-refractivity contribution >= 4 is 17.5 Å². The molecule has 22 heavy (non-hydrogen) atoms. The van der Waals surface area contributed by atoms with Crippen LogP contribution in [0, 0.1) is 10.1 Å². The molecule has 1 fully saturated rings. The predicted molar refractivity (Wildman–Crippen MR) is 83.6 cm³/mol. The predicted octanol–water partition coefficient (Wildman–Crippen LogP) is 2.18. The maximum absolute atomic E-state index is 10.8. The summed E-state index contributed by atoms with van der Waals surface area (Å²) in [6.45, 7) is 0.842. The lowest BCUT2D eigenvalue weighted by atomic mass is 10.0. The van der Waals surface area contributed by atoms with Crippen molar-refractivity contribution in [3.05, 3.63) is 52.2 Å². The molecule has 1 aliphatic heterocycles. The van der Waals surface area contributed by atoms with Gasteiger partial charge in [-0.05, 0) is 24.8 Å². The van der Waals surface area contributed by atoms with Crippen molar-refractivity contribution in [1.29, 1.82) is 0 Å². The van der Waals surface area contributed by atoms with Crippen LogP contribution in [0.5, 0.6) is 0 Å². The fourth-order valence-electron chi connectivity index (χ4n) is 2.86. The Labute approximate surface area is 127 Å². The van der Waals surface area contributed by atoms with Crippen molar-refractivity contribution in [3.63, 3.8) is 0 Å². The Kier molecular flexibility index (Phi) is 3.86. The second kappa shape index (κ2) is 5.97. The van der Waals surface area contributed by atoms with E-state index in [1.54, 1.807) is 0 Å². The van der Waals surface area contributed by atoms with Gasteiger partial charge in [-0.2, -0.15) is 4.98 Å². The molecule has 1 saturated heterocycles. The lowest BCUT2D eigenvalue weighted by molar-refractivity contribution is -0.384. The van der Waals surface area contributed by atoms with Crippen molar-refractivity contribution in [2.24, 2.45) is 0 Å². The first-order valence-corrected chi connectivity index (χ1v) is 7.22. The summed E-state index contributed by atoms with van der Waals surface area (Å²) in [5.74, 6) is 0.391. The van der Waals surface area contributed by atoms with Crippen molar-refractivity contribution in [2.75, 3.05) is 17.2 Å². The molecule has 0 amide bonds. The molecule has 0 bridgehead atoms. The number of benzene rings is 1.